The molecular formula is C10H21NO. The van der Waals surface area contributed by atoms with Gasteiger partial charge in [-0.25, -0.2) is 0 Å². The number of hydrogen-bond donors (Lipinski definition) is 1. The van der Waals surface area contributed by atoms with E-state index in [-0.39, 0.29) is 0 Å². The fourth-order valence-electron chi connectivity index (χ4n) is 1.96. The molecule has 0 radical (unpaired) electrons. The monoisotopic (exact) mass is 171 g/mol. The van der Waals surface area contributed by atoms with Crippen molar-refractivity contribution < 1.29 is 5.11 Å². The van der Waals surface area contributed by atoms with E-state index in [1.807, 2.05) is 6.92 Å². The Kier molecular flexibility index (Phi) is 3.13. The van der Waals surface area contributed by atoms with Crippen molar-refractivity contribution in [3.8, 4) is 0 Å². The maximum Gasteiger partial charge on any atom is 0.0872 e. The molecule has 1 heterocycles. The molecule has 0 aliphatic carbocycles. The highest BCUT2D eigenvalue weighted by Crippen LogP contribution is 2.22. The lowest BCUT2D eigenvalue weighted by molar-refractivity contribution is -0.0886. The topological polar surface area (TPSA) is 23.5 Å². The predicted molar refractivity (Wildman–Crippen MR) is 51.1 cm³/mol. The molecule has 0 aromatic heterocycles. The minimum Gasteiger partial charge on any atom is -0.388 e. The van der Waals surface area contributed by atoms with E-state index in [9.17, 15) is 5.11 Å². The maximum atomic E-state index is 9.50. The quantitative estimate of drug-likeness (QED) is 0.692. The van der Waals surface area contributed by atoms with E-state index in [4.69, 9.17) is 0 Å². The molecule has 0 amide bonds. The van der Waals surface area contributed by atoms with Gasteiger partial charge in [0.25, 0.3) is 0 Å². The van der Waals surface area contributed by atoms with Crippen LogP contribution in [0.15, 0.2) is 0 Å². The molecule has 0 atom stereocenters. The third kappa shape index (κ3) is 2.46. The van der Waals surface area contributed by atoms with Gasteiger partial charge in [0, 0.05) is 19.6 Å². The Morgan fingerprint density at radius 1 is 1.33 bits per heavy atom. The second-order valence-corrected chi connectivity index (χ2v) is 4.35. The number of aliphatic hydroxyl groups is 1. The van der Waals surface area contributed by atoms with Crippen LogP contribution in [0.1, 0.15) is 33.6 Å². The smallest absolute Gasteiger partial charge is 0.0872 e. The largest absolute Gasteiger partial charge is 0.388 e. The lowest BCUT2D eigenvalue weighted by atomic mass is 9.93. The molecule has 0 spiro atoms. The molecule has 0 unspecified atom stereocenters. The summed E-state index contributed by atoms with van der Waals surface area (Å²) in [6, 6.07) is 0. The Hall–Kier alpha value is -0.0800. The Morgan fingerprint density at radius 2 is 1.83 bits per heavy atom. The van der Waals surface area contributed by atoms with Crippen LogP contribution in [0.5, 0.6) is 0 Å². The first kappa shape index (κ1) is 10.0. The Labute approximate surface area is 75.6 Å². The summed E-state index contributed by atoms with van der Waals surface area (Å²) in [6.45, 7) is 9.30. The molecule has 1 aliphatic rings. The van der Waals surface area contributed by atoms with Crippen LogP contribution in [0.25, 0.3) is 0 Å². The van der Waals surface area contributed by atoms with E-state index in [0.29, 0.717) is 0 Å². The second-order valence-electron chi connectivity index (χ2n) is 4.35. The van der Waals surface area contributed by atoms with Crippen LogP contribution in [0, 0.1) is 5.92 Å². The highest BCUT2D eigenvalue weighted by molar-refractivity contribution is 4.91. The fourth-order valence-corrected chi connectivity index (χ4v) is 1.96. The van der Waals surface area contributed by atoms with Crippen molar-refractivity contribution in [2.24, 2.45) is 5.92 Å². The van der Waals surface area contributed by atoms with Gasteiger partial charge in [-0.15, -0.1) is 0 Å². The number of β-amino-alcohol motifs (C(OH)–C–C–N with tert-alkyl or cyclic N) is 1. The molecule has 72 valence electrons. The van der Waals surface area contributed by atoms with Gasteiger partial charge < -0.3 is 5.11 Å². The van der Waals surface area contributed by atoms with Gasteiger partial charge in [-0.05, 0) is 12.8 Å². The molecule has 1 fully saturated rings. The first-order valence-corrected chi connectivity index (χ1v) is 5.02. The number of likely N-dealkylation sites (tertiary alicyclic amines) is 1. The summed E-state index contributed by atoms with van der Waals surface area (Å²) in [5, 5.41) is 9.50. The molecule has 1 saturated heterocycles. The maximum absolute atomic E-state index is 9.50. The molecule has 1 rings (SSSR count). The molecule has 1 N–H and O–H groups in total. The van der Waals surface area contributed by atoms with Crippen molar-refractivity contribution in [1.29, 1.82) is 0 Å². The minimum atomic E-state index is -0.397. The number of hydrogen-bond acceptors (Lipinski definition) is 2. The summed E-state index contributed by atoms with van der Waals surface area (Å²) in [5.41, 5.74) is -0.397. The zero-order valence-corrected chi connectivity index (χ0v) is 8.51. The molecule has 1 aliphatic heterocycles. The average Bonchev–Trinajstić information content (AvgIpc) is 1.96. The SMILES string of the molecule is CCC(CC)CN1CC(C)(O)C1. The van der Waals surface area contributed by atoms with E-state index >= 15 is 0 Å². The zero-order chi connectivity index (χ0) is 9.19. The molecular weight excluding hydrogens is 150 g/mol. The van der Waals surface area contributed by atoms with Crippen molar-refractivity contribution >= 4 is 0 Å². The molecule has 0 aromatic carbocycles. The lowest BCUT2D eigenvalue weighted by Crippen LogP contribution is -2.60. The zero-order valence-electron chi connectivity index (χ0n) is 8.51. The van der Waals surface area contributed by atoms with Crippen molar-refractivity contribution in [3.05, 3.63) is 0 Å². The van der Waals surface area contributed by atoms with Crippen LogP contribution < -0.4 is 0 Å². The first-order chi connectivity index (χ1) is 5.57. The van der Waals surface area contributed by atoms with Crippen molar-refractivity contribution in [3.63, 3.8) is 0 Å². The summed E-state index contributed by atoms with van der Waals surface area (Å²) in [4.78, 5) is 2.34. The Bertz CT molecular complexity index is 133. The predicted octanol–water partition coefficient (Wildman–Crippen LogP) is 1.49. The Balaban J connectivity index is 2.17. The van der Waals surface area contributed by atoms with Gasteiger partial charge in [0.1, 0.15) is 0 Å². The molecule has 12 heavy (non-hydrogen) atoms. The molecule has 2 heteroatoms. The molecule has 0 saturated carbocycles. The summed E-state index contributed by atoms with van der Waals surface area (Å²) in [6.07, 6.45) is 2.52. The van der Waals surface area contributed by atoms with Crippen LogP contribution in [-0.2, 0) is 0 Å². The van der Waals surface area contributed by atoms with Gasteiger partial charge in [-0.2, -0.15) is 0 Å². The van der Waals surface area contributed by atoms with Crippen molar-refractivity contribution in [1.82, 2.24) is 4.90 Å². The van der Waals surface area contributed by atoms with Crippen LogP contribution in [0.2, 0.25) is 0 Å². The highest BCUT2D eigenvalue weighted by atomic mass is 16.3. The van der Waals surface area contributed by atoms with E-state index in [0.717, 1.165) is 19.0 Å². The van der Waals surface area contributed by atoms with Crippen LogP contribution in [0.4, 0.5) is 0 Å². The van der Waals surface area contributed by atoms with Crippen molar-refractivity contribution in [2.75, 3.05) is 19.6 Å². The molecule has 0 bridgehead atoms. The minimum absolute atomic E-state index is 0.397. The van der Waals surface area contributed by atoms with E-state index in [1.165, 1.54) is 19.4 Å². The summed E-state index contributed by atoms with van der Waals surface area (Å²) in [7, 11) is 0. The van der Waals surface area contributed by atoms with E-state index in [2.05, 4.69) is 18.7 Å². The van der Waals surface area contributed by atoms with Gasteiger partial charge in [0.05, 0.1) is 5.60 Å². The lowest BCUT2D eigenvalue weighted by Gasteiger charge is -2.45. The number of rotatable bonds is 4. The standard InChI is InChI=1S/C10H21NO/c1-4-9(5-2)6-11-7-10(3,12)8-11/h9,12H,4-8H2,1-3H3. The third-order valence-electron chi connectivity index (χ3n) is 2.80. The van der Waals surface area contributed by atoms with E-state index < -0.39 is 5.60 Å². The van der Waals surface area contributed by atoms with Gasteiger partial charge in [-0.3, -0.25) is 4.90 Å². The molecule has 0 aromatic rings. The second kappa shape index (κ2) is 3.75. The highest BCUT2D eigenvalue weighted by Gasteiger charge is 2.36. The average molecular weight is 171 g/mol. The van der Waals surface area contributed by atoms with Crippen LogP contribution >= 0.6 is 0 Å². The van der Waals surface area contributed by atoms with Gasteiger partial charge in [0.15, 0.2) is 0 Å². The van der Waals surface area contributed by atoms with Gasteiger partial charge in [0.2, 0.25) is 0 Å². The third-order valence-corrected chi connectivity index (χ3v) is 2.80. The summed E-state index contributed by atoms with van der Waals surface area (Å²) >= 11 is 0. The van der Waals surface area contributed by atoms with Crippen LogP contribution in [0.3, 0.4) is 0 Å². The first-order valence-electron chi connectivity index (χ1n) is 5.02. The number of nitrogens with zero attached hydrogens (tertiary/aromatic N) is 1. The van der Waals surface area contributed by atoms with Gasteiger partial charge >= 0.3 is 0 Å². The van der Waals surface area contributed by atoms with Crippen LogP contribution in [-0.4, -0.2) is 35.2 Å². The van der Waals surface area contributed by atoms with E-state index in [1.54, 1.807) is 0 Å². The van der Waals surface area contributed by atoms with Crippen molar-refractivity contribution in [2.45, 2.75) is 39.2 Å². The Morgan fingerprint density at radius 3 is 2.17 bits per heavy atom. The summed E-state index contributed by atoms with van der Waals surface area (Å²) in [5.74, 6) is 0.820. The fraction of sp³-hybridized carbons (Fsp3) is 1.00. The molecule has 2 nitrogen and oxygen atoms in total. The normalized spacial score (nSPS) is 22.8. The summed E-state index contributed by atoms with van der Waals surface area (Å²) < 4.78 is 0. The van der Waals surface area contributed by atoms with Gasteiger partial charge in [-0.1, -0.05) is 26.7 Å².